The van der Waals surface area contributed by atoms with E-state index >= 15 is 0 Å². The fourth-order valence-corrected chi connectivity index (χ4v) is 2.36. The summed E-state index contributed by atoms with van der Waals surface area (Å²) in [6.07, 6.45) is 1.37. The van der Waals surface area contributed by atoms with E-state index in [9.17, 15) is 4.39 Å². The summed E-state index contributed by atoms with van der Waals surface area (Å²) in [7, 11) is 4.55. The zero-order valence-corrected chi connectivity index (χ0v) is 13.5. The Balaban J connectivity index is 2.04. The molecule has 1 aromatic heterocycles. The molecule has 0 unspecified atom stereocenters. The van der Waals surface area contributed by atoms with Crippen molar-refractivity contribution in [2.45, 2.75) is 0 Å². The Kier molecular flexibility index (Phi) is 4.33. The van der Waals surface area contributed by atoms with Crippen LogP contribution in [0.15, 0.2) is 36.7 Å². The number of nitrogens with zero attached hydrogens (tertiary/aromatic N) is 2. The van der Waals surface area contributed by atoms with Crippen LogP contribution >= 0.6 is 0 Å². The predicted octanol–water partition coefficient (Wildman–Crippen LogP) is 3.54. The summed E-state index contributed by atoms with van der Waals surface area (Å²) >= 11 is 0. The van der Waals surface area contributed by atoms with E-state index in [1.54, 1.807) is 32.4 Å². The number of hydrogen-bond donors (Lipinski definition) is 1. The summed E-state index contributed by atoms with van der Waals surface area (Å²) < 4.78 is 29.4. The molecule has 0 atom stereocenters. The second-order valence-electron chi connectivity index (χ2n) is 4.92. The average molecular weight is 329 g/mol. The molecule has 2 aromatic carbocycles. The minimum absolute atomic E-state index is 0.132. The summed E-state index contributed by atoms with van der Waals surface area (Å²) in [6.45, 7) is 0. The van der Waals surface area contributed by atoms with Crippen molar-refractivity contribution in [3.8, 4) is 17.2 Å². The van der Waals surface area contributed by atoms with Gasteiger partial charge < -0.3 is 19.5 Å². The maximum Gasteiger partial charge on any atom is 0.167 e. The van der Waals surface area contributed by atoms with Gasteiger partial charge in [0.05, 0.1) is 26.8 Å². The first-order valence-corrected chi connectivity index (χ1v) is 7.13. The number of nitrogens with one attached hydrogen (secondary N) is 1. The highest BCUT2D eigenvalue weighted by atomic mass is 19.1. The van der Waals surface area contributed by atoms with Crippen molar-refractivity contribution in [2.75, 3.05) is 26.6 Å². The van der Waals surface area contributed by atoms with Gasteiger partial charge in [-0.05, 0) is 18.2 Å². The van der Waals surface area contributed by atoms with Crippen LogP contribution in [-0.4, -0.2) is 31.3 Å². The quantitative estimate of drug-likeness (QED) is 0.772. The van der Waals surface area contributed by atoms with Gasteiger partial charge in [0.25, 0.3) is 0 Å². The highest BCUT2D eigenvalue weighted by molar-refractivity contribution is 5.91. The first-order valence-electron chi connectivity index (χ1n) is 7.13. The number of halogens is 1. The number of methoxy groups -OCH3 is 3. The Labute approximate surface area is 138 Å². The molecule has 24 heavy (non-hydrogen) atoms. The van der Waals surface area contributed by atoms with E-state index in [-0.39, 0.29) is 5.75 Å². The van der Waals surface area contributed by atoms with Crippen molar-refractivity contribution in [2.24, 2.45) is 0 Å². The normalized spacial score (nSPS) is 10.5. The molecular formula is C17H16FN3O3. The third kappa shape index (κ3) is 2.88. The fraction of sp³-hybridized carbons (Fsp3) is 0.176. The predicted molar refractivity (Wildman–Crippen MR) is 88.9 cm³/mol. The Morgan fingerprint density at radius 1 is 0.875 bits per heavy atom. The van der Waals surface area contributed by atoms with Crippen molar-refractivity contribution in [1.82, 2.24) is 9.97 Å². The fourth-order valence-electron chi connectivity index (χ4n) is 2.36. The number of aromatic nitrogens is 2. The van der Waals surface area contributed by atoms with Crippen molar-refractivity contribution in [1.29, 1.82) is 0 Å². The first kappa shape index (κ1) is 15.8. The summed E-state index contributed by atoms with van der Waals surface area (Å²) in [5, 5.41) is 3.82. The van der Waals surface area contributed by atoms with Crippen LogP contribution in [0, 0.1) is 5.82 Å². The summed E-state index contributed by atoms with van der Waals surface area (Å²) in [4.78, 5) is 8.32. The van der Waals surface area contributed by atoms with Crippen molar-refractivity contribution in [3.63, 3.8) is 0 Å². The number of hydrogen-bond acceptors (Lipinski definition) is 6. The van der Waals surface area contributed by atoms with Gasteiger partial charge in [0, 0.05) is 23.2 Å². The third-order valence-electron chi connectivity index (χ3n) is 3.56. The lowest BCUT2D eigenvalue weighted by molar-refractivity contribution is 0.355. The van der Waals surface area contributed by atoms with E-state index in [0.29, 0.717) is 28.2 Å². The van der Waals surface area contributed by atoms with E-state index in [0.717, 1.165) is 5.69 Å². The maximum absolute atomic E-state index is 13.8. The zero-order chi connectivity index (χ0) is 17.1. The second-order valence-corrected chi connectivity index (χ2v) is 4.92. The van der Waals surface area contributed by atoms with Crippen LogP contribution in [0.25, 0.3) is 10.9 Å². The van der Waals surface area contributed by atoms with E-state index in [4.69, 9.17) is 14.2 Å². The largest absolute Gasteiger partial charge is 0.494 e. The minimum Gasteiger partial charge on any atom is -0.494 e. The smallest absolute Gasteiger partial charge is 0.167 e. The summed E-state index contributed by atoms with van der Waals surface area (Å²) in [5.41, 5.74) is 1.22. The molecule has 0 fully saturated rings. The van der Waals surface area contributed by atoms with Crippen LogP contribution in [0.1, 0.15) is 0 Å². The maximum atomic E-state index is 13.8. The van der Waals surface area contributed by atoms with Gasteiger partial charge in [0.1, 0.15) is 12.1 Å². The van der Waals surface area contributed by atoms with E-state index in [2.05, 4.69) is 15.3 Å². The molecule has 3 rings (SSSR count). The molecule has 124 valence electrons. The molecule has 0 aliphatic heterocycles. The van der Waals surface area contributed by atoms with Gasteiger partial charge in [0.2, 0.25) is 0 Å². The van der Waals surface area contributed by atoms with Crippen LogP contribution in [0.5, 0.6) is 17.2 Å². The van der Waals surface area contributed by atoms with E-state index in [1.165, 1.54) is 19.5 Å². The highest BCUT2D eigenvalue weighted by Gasteiger charge is 2.11. The lowest BCUT2D eigenvalue weighted by atomic mass is 10.2. The lowest BCUT2D eigenvalue weighted by Crippen LogP contribution is -1.98. The SMILES string of the molecule is COc1cc2c(Nc3ccc(OC)c(OC)c3)ncnc2cc1F. The zero-order valence-electron chi connectivity index (χ0n) is 13.5. The molecule has 0 aliphatic carbocycles. The van der Waals surface area contributed by atoms with Gasteiger partial charge in [0.15, 0.2) is 23.1 Å². The molecule has 0 amide bonds. The number of rotatable bonds is 5. The molecule has 0 bridgehead atoms. The number of fused-ring (bicyclic) bond motifs is 1. The third-order valence-corrected chi connectivity index (χ3v) is 3.56. The van der Waals surface area contributed by atoms with Gasteiger partial charge in [-0.3, -0.25) is 0 Å². The van der Waals surface area contributed by atoms with Crippen molar-refractivity contribution >= 4 is 22.4 Å². The Morgan fingerprint density at radius 3 is 2.33 bits per heavy atom. The molecule has 1 N–H and O–H groups in total. The Morgan fingerprint density at radius 2 is 1.62 bits per heavy atom. The van der Waals surface area contributed by atoms with Gasteiger partial charge in [-0.15, -0.1) is 0 Å². The first-order chi connectivity index (χ1) is 11.7. The van der Waals surface area contributed by atoms with E-state index < -0.39 is 5.82 Å². The molecule has 0 saturated carbocycles. The second kappa shape index (κ2) is 6.57. The number of benzene rings is 2. The standard InChI is InChI=1S/C17H16FN3O3/c1-22-14-5-4-10(6-16(14)24-3)21-17-11-7-15(23-2)12(18)8-13(11)19-9-20-17/h4-9H,1-3H3,(H,19,20,21). The monoisotopic (exact) mass is 329 g/mol. The van der Waals surface area contributed by atoms with E-state index in [1.807, 2.05) is 6.07 Å². The molecule has 6 nitrogen and oxygen atoms in total. The van der Waals surface area contributed by atoms with Crippen molar-refractivity contribution in [3.05, 3.63) is 42.5 Å². The summed E-state index contributed by atoms with van der Waals surface area (Å²) in [6, 6.07) is 8.28. The lowest BCUT2D eigenvalue weighted by Gasteiger charge is -2.12. The number of anilines is 2. The highest BCUT2D eigenvalue weighted by Crippen LogP contribution is 2.33. The molecular weight excluding hydrogens is 313 g/mol. The number of ether oxygens (including phenoxy) is 3. The average Bonchev–Trinajstić information content (AvgIpc) is 2.61. The molecule has 0 radical (unpaired) electrons. The molecule has 0 saturated heterocycles. The Hall–Kier alpha value is -3.09. The molecule has 0 aliphatic rings. The molecule has 1 heterocycles. The topological polar surface area (TPSA) is 65.5 Å². The Bertz CT molecular complexity index is 886. The minimum atomic E-state index is -0.472. The molecule has 3 aromatic rings. The molecule has 0 spiro atoms. The van der Waals surface area contributed by atoms with Gasteiger partial charge in [-0.25, -0.2) is 14.4 Å². The summed E-state index contributed by atoms with van der Waals surface area (Å²) in [5.74, 6) is 1.41. The van der Waals surface area contributed by atoms with Gasteiger partial charge in [-0.1, -0.05) is 0 Å². The van der Waals surface area contributed by atoms with Crippen molar-refractivity contribution < 1.29 is 18.6 Å². The molecule has 7 heteroatoms. The van der Waals surface area contributed by atoms with Crippen LogP contribution in [-0.2, 0) is 0 Å². The van der Waals surface area contributed by atoms with Crippen LogP contribution < -0.4 is 19.5 Å². The van der Waals surface area contributed by atoms with Gasteiger partial charge in [-0.2, -0.15) is 0 Å². The van der Waals surface area contributed by atoms with Gasteiger partial charge >= 0.3 is 0 Å². The van der Waals surface area contributed by atoms with Crippen LogP contribution in [0.4, 0.5) is 15.9 Å². The van der Waals surface area contributed by atoms with Crippen LogP contribution in [0.2, 0.25) is 0 Å². The van der Waals surface area contributed by atoms with Crippen LogP contribution in [0.3, 0.4) is 0 Å².